The molecule has 0 aromatic heterocycles. The van der Waals surface area contributed by atoms with Crippen LogP contribution in [0.2, 0.25) is 0 Å². The zero-order chi connectivity index (χ0) is 11.1. The fourth-order valence-electron chi connectivity index (χ4n) is 1.07. The minimum absolute atomic E-state index is 0.267. The van der Waals surface area contributed by atoms with Crippen molar-refractivity contribution in [2.24, 2.45) is 0 Å². The largest absolute Gasteiger partial charge is 0.491 e. The molecule has 2 nitrogen and oxygen atoms in total. The average molecular weight is 227 g/mol. The van der Waals surface area contributed by atoms with Gasteiger partial charge in [-0.15, -0.1) is 0 Å². The van der Waals surface area contributed by atoms with E-state index >= 15 is 0 Å². The van der Waals surface area contributed by atoms with Crippen molar-refractivity contribution in [3.8, 4) is 5.75 Å². The van der Waals surface area contributed by atoms with E-state index in [-0.39, 0.29) is 5.56 Å². The third-order valence-electron chi connectivity index (χ3n) is 1.82. The number of hydrogen-bond donors (Lipinski definition) is 0. The highest BCUT2D eigenvalue weighted by Crippen LogP contribution is 2.12. The summed E-state index contributed by atoms with van der Waals surface area (Å²) in [6, 6.07) is 7.71. The van der Waals surface area contributed by atoms with E-state index in [1.165, 1.54) is 0 Å². The molecule has 0 aliphatic rings. The average Bonchev–Trinajstić information content (AvgIpc) is 2.25. The first kappa shape index (κ1) is 12.1. The first-order valence-corrected chi connectivity index (χ1v) is 5.27. The first-order valence-electron chi connectivity index (χ1n) is 4.83. The normalized spacial score (nSPS) is 12.1. The lowest BCUT2D eigenvalue weighted by Crippen LogP contribution is -2.09. The topological polar surface area (TPSA) is 18.5 Å². The molecule has 0 saturated carbocycles. The highest BCUT2D eigenvalue weighted by molar-refractivity contribution is 6.19. The fourth-order valence-corrected chi connectivity index (χ4v) is 1.16. The number of hydrogen-bond acceptors (Lipinski definition) is 2. The minimum Gasteiger partial charge on any atom is -0.491 e. The van der Waals surface area contributed by atoms with Crippen molar-refractivity contribution in [3.05, 3.63) is 36.4 Å². The molecule has 0 saturated heterocycles. The summed E-state index contributed by atoms with van der Waals surface area (Å²) in [6.07, 6.45) is 1.79. The predicted molar refractivity (Wildman–Crippen MR) is 63.3 cm³/mol. The molecule has 0 amide bonds. The monoisotopic (exact) mass is 226 g/mol. The third kappa shape index (κ3) is 4.86. The lowest BCUT2D eigenvalue weighted by Gasteiger charge is -2.08. The van der Waals surface area contributed by atoms with Gasteiger partial charge >= 0.3 is 0 Å². The van der Waals surface area contributed by atoms with E-state index in [0.29, 0.717) is 13.2 Å². The van der Waals surface area contributed by atoms with Crippen LogP contribution in [0.3, 0.4) is 0 Å². The molecule has 0 fully saturated rings. The maximum Gasteiger partial charge on any atom is 0.128 e. The molecule has 82 valence electrons. The van der Waals surface area contributed by atoms with Crippen molar-refractivity contribution in [2.75, 3.05) is 13.2 Å². The molecule has 0 radical (unpaired) electrons. The van der Waals surface area contributed by atoms with Gasteiger partial charge in [0.1, 0.15) is 17.9 Å². The molecule has 1 rings (SSSR count). The number of halogens is 1. The van der Waals surface area contributed by atoms with Crippen molar-refractivity contribution in [3.63, 3.8) is 0 Å². The van der Waals surface area contributed by atoms with Gasteiger partial charge in [0, 0.05) is 0 Å². The molecule has 15 heavy (non-hydrogen) atoms. The van der Waals surface area contributed by atoms with Gasteiger partial charge in [0.05, 0.1) is 6.61 Å². The maximum atomic E-state index is 5.61. The Morgan fingerprint density at radius 2 is 2.00 bits per heavy atom. The highest BCUT2D eigenvalue weighted by atomic mass is 35.5. The van der Waals surface area contributed by atoms with Gasteiger partial charge in [-0.25, -0.2) is 0 Å². The van der Waals surface area contributed by atoms with Gasteiger partial charge in [0.2, 0.25) is 0 Å². The van der Waals surface area contributed by atoms with Crippen LogP contribution in [0, 0.1) is 0 Å². The highest BCUT2D eigenvalue weighted by Gasteiger charge is 1.96. The van der Waals surface area contributed by atoms with Crippen molar-refractivity contribution in [2.45, 2.75) is 12.5 Å². The van der Waals surface area contributed by atoms with E-state index in [1.807, 2.05) is 24.3 Å². The van der Waals surface area contributed by atoms with Crippen molar-refractivity contribution in [1.82, 2.24) is 0 Å². The zero-order valence-corrected chi connectivity index (χ0v) is 9.54. The molecule has 0 heterocycles. The van der Waals surface area contributed by atoms with Crippen molar-refractivity contribution >= 4 is 17.7 Å². The molecule has 3 heteroatoms. The number of rotatable bonds is 6. The van der Waals surface area contributed by atoms with Gasteiger partial charge in [-0.3, -0.25) is 0 Å². The van der Waals surface area contributed by atoms with Crippen LogP contribution in [0.4, 0.5) is 0 Å². The second-order valence-corrected chi connectivity index (χ2v) is 3.65. The van der Waals surface area contributed by atoms with Crippen LogP contribution in [0.15, 0.2) is 30.8 Å². The molecule has 1 aromatic rings. The van der Waals surface area contributed by atoms with Gasteiger partial charge in [-0.2, -0.15) is 0 Å². The van der Waals surface area contributed by atoms with E-state index in [4.69, 9.17) is 21.1 Å². The van der Waals surface area contributed by atoms with E-state index in [2.05, 4.69) is 6.58 Å². The Hall–Kier alpha value is -0.990. The second kappa shape index (κ2) is 6.49. The Morgan fingerprint density at radius 3 is 2.53 bits per heavy atom. The summed E-state index contributed by atoms with van der Waals surface area (Å²) in [6.45, 7) is 6.46. The van der Waals surface area contributed by atoms with Crippen LogP contribution in [0.5, 0.6) is 5.75 Å². The molecule has 1 aromatic carbocycles. The summed E-state index contributed by atoms with van der Waals surface area (Å²) in [4.78, 5) is 0. The van der Waals surface area contributed by atoms with Crippen LogP contribution < -0.4 is 4.74 Å². The van der Waals surface area contributed by atoms with E-state index in [0.717, 1.165) is 11.3 Å². The Labute approximate surface area is 95.5 Å². The van der Waals surface area contributed by atoms with Gasteiger partial charge in [-0.05, 0) is 24.6 Å². The summed E-state index contributed by atoms with van der Waals surface area (Å²) in [5.74, 6) is 0.825. The molecular formula is C12H15ClO2. The van der Waals surface area contributed by atoms with Gasteiger partial charge in [0.25, 0.3) is 0 Å². The summed E-state index contributed by atoms with van der Waals surface area (Å²) >= 11 is 5.61. The van der Waals surface area contributed by atoms with E-state index < -0.39 is 0 Å². The van der Waals surface area contributed by atoms with Crippen LogP contribution in [0.1, 0.15) is 12.5 Å². The SMILES string of the molecule is C=Cc1ccc(OCCOC(C)Cl)cc1. The lowest BCUT2D eigenvalue weighted by atomic mass is 10.2. The van der Waals surface area contributed by atoms with Crippen LogP contribution in [0.25, 0.3) is 6.08 Å². The molecular weight excluding hydrogens is 212 g/mol. The second-order valence-electron chi connectivity index (χ2n) is 3.04. The smallest absolute Gasteiger partial charge is 0.128 e. The van der Waals surface area contributed by atoms with E-state index in [9.17, 15) is 0 Å². The van der Waals surface area contributed by atoms with Crippen molar-refractivity contribution in [1.29, 1.82) is 0 Å². The number of benzene rings is 1. The third-order valence-corrected chi connectivity index (χ3v) is 1.94. The molecule has 0 aliphatic carbocycles. The van der Waals surface area contributed by atoms with E-state index in [1.54, 1.807) is 13.0 Å². The fraction of sp³-hybridized carbons (Fsp3) is 0.333. The number of ether oxygens (including phenoxy) is 2. The molecule has 1 unspecified atom stereocenters. The Kier molecular flexibility index (Phi) is 5.22. The van der Waals surface area contributed by atoms with Crippen molar-refractivity contribution < 1.29 is 9.47 Å². The summed E-state index contributed by atoms with van der Waals surface area (Å²) in [5, 5.41) is 0. The van der Waals surface area contributed by atoms with Gasteiger partial charge in [0.15, 0.2) is 0 Å². The molecule has 0 N–H and O–H groups in total. The zero-order valence-electron chi connectivity index (χ0n) is 8.78. The Morgan fingerprint density at radius 1 is 1.33 bits per heavy atom. The summed E-state index contributed by atoms with van der Waals surface area (Å²) in [5.41, 5.74) is 0.810. The Balaban J connectivity index is 2.28. The molecule has 0 aliphatic heterocycles. The number of alkyl halides is 1. The first-order chi connectivity index (χ1) is 7.22. The standard InChI is InChI=1S/C12H15ClO2/c1-3-11-4-6-12(7-5-11)15-9-8-14-10(2)13/h3-7,10H,1,8-9H2,2H3. The Bertz CT molecular complexity index is 293. The molecule has 0 spiro atoms. The van der Waals surface area contributed by atoms with Crippen LogP contribution in [-0.4, -0.2) is 18.8 Å². The molecule has 0 bridgehead atoms. The van der Waals surface area contributed by atoms with Crippen LogP contribution in [-0.2, 0) is 4.74 Å². The minimum atomic E-state index is -0.267. The quantitative estimate of drug-likeness (QED) is 0.547. The van der Waals surface area contributed by atoms with Gasteiger partial charge < -0.3 is 9.47 Å². The van der Waals surface area contributed by atoms with Crippen LogP contribution >= 0.6 is 11.6 Å². The molecule has 1 atom stereocenters. The lowest BCUT2D eigenvalue weighted by molar-refractivity contribution is 0.0879. The summed E-state index contributed by atoms with van der Waals surface area (Å²) < 4.78 is 10.6. The summed E-state index contributed by atoms with van der Waals surface area (Å²) in [7, 11) is 0. The van der Waals surface area contributed by atoms with Gasteiger partial charge in [-0.1, -0.05) is 36.4 Å². The maximum absolute atomic E-state index is 5.61. The predicted octanol–water partition coefficient (Wildman–Crippen LogP) is 3.31.